The molecule has 1 unspecified atom stereocenters. The molecule has 2 heterocycles. The Bertz CT molecular complexity index is 901. The van der Waals surface area contributed by atoms with Crippen molar-refractivity contribution in [2.75, 3.05) is 7.11 Å². The summed E-state index contributed by atoms with van der Waals surface area (Å²) in [5, 5.41) is 9.25. The third-order valence-electron chi connectivity index (χ3n) is 3.85. The number of aryl methyl sites for hydroxylation is 2. The van der Waals surface area contributed by atoms with Gasteiger partial charge in [-0.3, -0.25) is 4.57 Å². The first-order valence-corrected chi connectivity index (χ1v) is 8.72. The average molecular weight is 357 g/mol. The molecule has 0 radical (unpaired) electrons. The van der Waals surface area contributed by atoms with E-state index in [0.717, 1.165) is 22.2 Å². The quantitative estimate of drug-likeness (QED) is 0.505. The van der Waals surface area contributed by atoms with Crippen molar-refractivity contribution in [3.8, 4) is 5.69 Å². The molecule has 0 aliphatic rings. The van der Waals surface area contributed by atoms with E-state index in [2.05, 4.69) is 27.9 Å². The lowest BCUT2D eigenvalue weighted by atomic mass is 10.2. The first-order valence-electron chi connectivity index (χ1n) is 7.84. The number of aromatic nitrogens is 3. The van der Waals surface area contributed by atoms with Gasteiger partial charge < -0.3 is 9.15 Å². The maximum absolute atomic E-state index is 11.5. The van der Waals surface area contributed by atoms with Crippen LogP contribution in [0.5, 0.6) is 0 Å². The SMILES string of the molecule is COC(=O)c1ccc(C(C)Sc2nnc(C)n2-c2ccccc2C)o1. The third kappa shape index (κ3) is 3.46. The molecule has 0 fully saturated rings. The fraction of sp³-hybridized carbons (Fsp3) is 0.278. The summed E-state index contributed by atoms with van der Waals surface area (Å²) in [5.74, 6) is 1.21. The van der Waals surface area contributed by atoms with Crippen LogP contribution in [0.1, 0.15) is 39.9 Å². The van der Waals surface area contributed by atoms with Crippen molar-refractivity contribution in [1.82, 2.24) is 14.8 Å². The number of hydrogen-bond donors (Lipinski definition) is 0. The molecule has 2 aromatic heterocycles. The second-order valence-corrected chi connectivity index (χ2v) is 6.91. The summed E-state index contributed by atoms with van der Waals surface area (Å²) in [7, 11) is 1.33. The standard InChI is InChI=1S/C18H19N3O3S/c1-11-7-5-6-8-14(11)21-13(3)19-20-18(21)25-12(2)15-9-10-16(24-15)17(22)23-4/h5-10,12H,1-4H3. The van der Waals surface area contributed by atoms with Gasteiger partial charge in [-0.1, -0.05) is 30.0 Å². The van der Waals surface area contributed by atoms with E-state index >= 15 is 0 Å². The number of furan rings is 1. The molecule has 0 aliphatic carbocycles. The number of hydrogen-bond acceptors (Lipinski definition) is 6. The zero-order valence-electron chi connectivity index (χ0n) is 14.5. The fourth-order valence-corrected chi connectivity index (χ4v) is 3.49. The van der Waals surface area contributed by atoms with Gasteiger partial charge in [-0.2, -0.15) is 0 Å². The molecule has 1 aromatic carbocycles. The van der Waals surface area contributed by atoms with Crippen molar-refractivity contribution >= 4 is 17.7 Å². The van der Waals surface area contributed by atoms with Gasteiger partial charge in [0.05, 0.1) is 18.0 Å². The van der Waals surface area contributed by atoms with E-state index in [9.17, 15) is 4.79 Å². The van der Waals surface area contributed by atoms with Crippen molar-refractivity contribution in [1.29, 1.82) is 0 Å². The van der Waals surface area contributed by atoms with Gasteiger partial charge >= 0.3 is 5.97 Å². The normalized spacial score (nSPS) is 12.2. The summed E-state index contributed by atoms with van der Waals surface area (Å²) in [6, 6.07) is 11.5. The number of ether oxygens (including phenoxy) is 1. The summed E-state index contributed by atoms with van der Waals surface area (Å²) in [5.41, 5.74) is 2.19. The van der Waals surface area contributed by atoms with Crippen molar-refractivity contribution in [3.63, 3.8) is 0 Å². The van der Waals surface area contributed by atoms with Crippen LogP contribution in [0.2, 0.25) is 0 Å². The summed E-state index contributed by atoms with van der Waals surface area (Å²) >= 11 is 1.52. The van der Waals surface area contributed by atoms with E-state index in [1.807, 2.05) is 36.6 Å². The monoisotopic (exact) mass is 357 g/mol. The second kappa shape index (κ2) is 7.14. The highest BCUT2D eigenvalue weighted by Crippen LogP contribution is 2.36. The topological polar surface area (TPSA) is 70.2 Å². The molecule has 130 valence electrons. The van der Waals surface area contributed by atoms with Gasteiger partial charge in [-0.05, 0) is 44.5 Å². The van der Waals surface area contributed by atoms with Gasteiger partial charge in [0.25, 0.3) is 0 Å². The molecule has 6 nitrogen and oxygen atoms in total. The van der Waals surface area contributed by atoms with Crippen LogP contribution >= 0.6 is 11.8 Å². The van der Waals surface area contributed by atoms with E-state index in [0.29, 0.717) is 5.76 Å². The van der Waals surface area contributed by atoms with Crippen LogP contribution in [-0.4, -0.2) is 27.8 Å². The Morgan fingerprint density at radius 2 is 1.96 bits per heavy atom. The molecule has 3 rings (SSSR count). The van der Waals surface area contributed by atoms with Crippen molar-refractivity contribution in [2.45, 2.75) is 31.2 Å². The molecule has 0 aliphatic heterocycles. The Morgan fingerprint density at radius 1 is 1.20 bits per heavy atom. The number of esters is 1. The minimum absolute atomic E-state index is 0.0372. The summed E-state index contributed by atoms with van der Waals surface area (Å²) in [6.07, 6.45) is 0. The average Bonchev–Trinajstić information content (AvgIpc) is 3.23. The predicted octanol–water partition coefficient (Wildman–Crippen LogP) is 4.12. The third-order valence-corrected chi connectivity index (χ3v) is 4.91. The molecule has 0 bridgehead atoms. The number of thioether (sulfide) groups is 1. The van der Waals surface area contributed by atoms with Crippen molar-refractivity contribution in [2.24, 2.45) is 0 Å². The highest BCUT2D eigenvalue weighted by atomic mass is 32.2. The maximum atomic E-state index is 11.5. The number of carbonyl (C=O) groups is 1. The lowest BCUT2D eigenvalue weighted by molar-refractivity contribution is 0.0563. The molecular weight excluding hydrogens is 338 g/mol. The van der Waals surface area contributed by atoms with Crippen LogP contribution < -0.4 is 0 Å². The van der Waals surface area contributed by atoms with Gasteiger partial charge in [0.1, 0.15) is 11.6 Å². The van der Waals surface area contributed by atoms with Gasteiger partial charge in [-0.25, -0.2) is 4.79 Å². The molecule has 0 saturated heterocycles. The fourth-order valence-electron chi connectivity index (χ4n) is 2.51. The minimum Gasteiger partial charge on any atom is -0.463 e. The molecule has 25 heavy (non-hydrogen) atoms. The molecule has 0 saturated carbocycles. The molecule has 7 heteroatoms. The van der Waals surface area contributed by atoms with Gasteiger partial charge in [0, 0.05) is 0 Å². The first kappa shape index (κ1) is 17.3. The molecule has 0 amide bonds. The number of rotatable bonds is 5. The van der Waals surface area contributed by atoms with Crippen LogP contribution in [0.4, 0.5) is 0 Å². The Hall–Kier alpha value is -2.54. The van der Waals surface area contributed by atoms with Crippen LogP contribution in [-0.2, 0) is 4.74 Å². The van der Waals surface area contributed by atoms with Crippen LogP contribution in [0.3, 0.4) is 0 Å². The molecule has 1 atom stereocenters. The van der Waals surface area contributed by atoms with Crippen LogP contribution in [0.15, 0.2) is 46.0 Å². The predicted molar refractivity (Wildman–Crippen MR) is 95.2 cm³/mol. The van der Waals surface area contributed by atoms with Crippen molar-refractivity contribution in [3.05, 3.63) is 59.3 Å². The van der Waals surface area contributed by atoms with E-state index in [4.69, 9.17) is 4.42 Å². The van der Waals surface area contributed by atoms with E-state index in [1.165, 1.54) is 18.9 Å². The van der Waals surface area contributed by atoms with Gasteiger partial charge in [-0.15, -0.1) is 10.2 Å². The lowest BCUT2D eigenvalue weighted by Crippen LogP contribution is -2.02. The number of carbonyl (C=O) groups excluding carboxylic acids is 1. The second-order valence-electron chi connectivity index (χ2n) is 5.61. The molecule has 0 spiro atoms. The number of methoxy groups -OCH3 is 1. The first-order chi connectivity index (χ1) is 12.0. The molecule has 0 N–H and O–H groups in total. The highest BCUT2D eigenvalue weighted by molar-refractivity contribution is 7.99. The summed E-state index contributed by atoms with van der Waals surface area (Å²) in [6.45, 7) is 5.98. The van der Waals surface area contributed by atoms with E-state index < -0.39 is 5.97 Å². The lowest BCUT2D eigenvalue weighted by Gasteiger charge is -2.13. The van der Waals surface area contributed by atoms with Crippen LogP contribution in [0.25, 0.3) is 5.69 Å². The summed E-state index contributed by atoms with van der Waals surface area (Å²) < 4.78 is 12.3. The Morgan fingerprint density at radius 3 is 2.68 bits per heavy atom. The van der Waals surface area contributed by atoms with Gasteiger partial charge in [0.2, 0.25) is 5.76 Å². The van der Waals surface area contributed by atoms with Crippen molar-refractivity contribution < 1.29 is 13.9 Å². The van der Waals surface area contributed by atoms with Crippen LogP contribution in [0, 0.1) is 13.8 Å². The largest absolute Gasteiger partial charge is 0.463 e. The van der Waals surface area contributed by atoms with Gasteiger partial charge in [0.15, 0.2) is 5.16 Å². The summed E-state index contributed by atoms with van der Waals surface area (Å²) in [4.78, 5) is 11.5. The smallest absolute Gasteiger partial charge is 0.373 e. The Kier molecular flexibility index (Phi) is 4.94. The van der Waals surface area contributed by atoms with E-state index in [1.54, 1.807) is 12.1 Å². The van der Waals surface area contributed by atoms with E-state index in [-0.39, 0.29) is 11.0 Å². The molecular formula is C18H19N3O3S. The Labute approximate surface area is 150 Å². The number of benzene rings is 1. The number of para-hydroxylation sites is 1. The maximum Gasteiger partial charge on any atom is 0.373 e. The zero-order valence-corrected chi connectivity index (χ0v) is 15.3. The highest BCUT2D eigenvalue weighted by Gasteiger charge is 2.20. The zero-order chi connectivity index (χ0) is 18.0. The number of nitrogens with zero attached hydrogens (tertiary/aromatic N) is 3. The minimum atomic E-state index is -0.484. The molecule has 3 aromatic rings. The Balaban J connectivity index is 1.88.